The van der Waals surface area contributed by atoms with Crippen LogP contribution in [0.1, 0.15) is 17.2 Å². The number of rotatable bonds is 2. The number of aromatic nitrogens is 1. The Balaban J connectivity index is 2.47. The molecule has 0 bridgehead atoms. The third kappa shape index (κ3) is 2.43. The highest BCUT2D eigenvalue weighted by Crippen LogP contribution is 2.29. The van der Waals surface area contributed by atoms with Gasteiger partial charge in [-0.1, -0.05) is 11.6 Å². The third-order valence-electron chi connectivity index (χ3n) is 2.35. The second kappa shape index (κ2) is 4.77. The zero-order chi connectivity index (χ0) is 12.4. The lowest BCUT2D eigenvalue weighted by molar-refractivity contribution is 0.214. The highest BCUT2D eigenvalue weighted by molar-refractivity contribution is 6.31. The lowest BCUT2D eigenvalue weighted by Crippen LogP contribution is -2.04. The van der Waals surface area contributed by atoms with E-state index in [1.165, 1.54) is 18.5 Å². The summed E-state index contributed by atoms with van der Waals surface area (Å²) in [6.45, 7) is 0. The molecule has 1 N–H and O–H groups in total. The number of benzene rings is 1. The minimum absolute atomic E-state index is 0.155. The van der Waals surface area contributed by atoms with Crippen LogP contribution >= 0.6 is 11.6 Å². The van der Waals surface area contributed by atoms with Gasteiger partial charge in [0.15, 0.2) is 0 Å². The van der Waals surface area contributed by atoms with Gasteiger partial charge in [-0.15, -0.1) is 0 Å². The Kier molecular flexibility index (Phi) is 3.36. The molecule has 2 aromatic rings. The van der Waals surface area contributed by atoms with E-state index in [0.717, 1.165) is 18.2 Å². The summed E-state index contributed by atoms with van der Waals surface area (Å²) in [7, 11) is 0. The van der Waals surface area contributed by atoms with Crippen LogP contribution in [-0.2, 0) is 0 Å². The van der Waals surface area contributed by atoms with Gasteiger partial charge in [-0.3, -0.25) is 4.98 Å². The first-order valence-corrected chi connectivity index (χ1v) is 5.20. The van der Waals surface area contributed by atoms with Crippen molar-refractivity contribution in [2.24, 2.45) is 0 Å². The van der Waals surface area contributed by atoms with Crippen molar-refractivity contribution in [3.05, 3.63) is 64.4 Å². The number of hydrogen-bond acceptors (Lipinski definition) is 2. The summed E-state index contributed by atoms with van der Waals surface area (Å²) in [6.07, 6.45) is 1.43. The highest BCUT2D eigenvalue weighted by atomic mass is 35.5. The molecule has 1 aromatic heterocycles. The molecule has 17 heavy (non-hydrogen) atoms. The fourth-order valence-corrected chi connectivity index (χ4v) is 1.72. The van der Waals surface area contributed by atoms with E-state index in [-0.39, 0.29) is 16.1 Å². The minimum atomic E-state index is -1.32. The van der Waals surface area contributed by atoms with Gasteiger partial charge < -0.3 is 5.11 Å². The van der Waals surface area contributed by atoms with Crippen molar-refractivity contribution in [2.45, 2.75) is 6.10 Å². The Labute approximate surface area is 102 Å². The predicted octanol–water partition coefficient (Wildman–Crippen LogP) is 3.09. The van der Waals surface area contributed by atoms with Crippen molar-refractivity contribution < 1.29 is 13.9 Å². The predicted molar refractivity (Wildman–Crippen MR) is 59.7 cm³/mol. The van der Waals surface area contributed by atoms with Crippen LogP contribution in [0.5, 0.6) is 0 Å². The van der Waals surface area contributed by atoms with E-state index < -0.39 is 17.7 Å². The number of hydrogen-bond donors (Lipinski definition) is 1. The van der Waals surface area contributed by atoms with Crippen molar-refractivity contribution in [3.8, 4) is 0 Å². The molecule has 1 atom stereocenters. The van der Waals surface area contributed by atoms with Crippen LogP contribution in [0.15, 0.2) is 36.7 Å². The number of aliphatic hydroxyl groups excluding tert-OH is 1. The molecule has 0 saturated heterocycles. The molecule has 1 heterocycles. The normalized spacial score (nSPS) is 12.5. The Bertz CT molecular complexity index is 548. The first kappa shape index (κ1) is 12.0. The van der Waals surface area contributed by atoms with Gasteiger partial charge in [0.2, 0.25) is 0 Å². The van der Waals surface area contributed by atoms with E-state index in [0.29, 0.717) is 0 Å². The molecule has 88 valence electrons. The summed E-state index contributed by atoms with van der Waals surface area (Å²) in [5.41, 5.74) is 0.129. The standard InChI is InChI=1S/C12H8ClF2NO/c13-10-6-16-4-3-8(10)12(17)9-5-7(14)1-2-11(9)15/h1-6,12,17H. The topological polar surface area (TPSA) is 33.1 Å². The van der Waals surface area contributed by atoms with Crippen LogP contribution < -0.4 is 0 Å². The second-order valence-corrected chi connectivity index (χ2v) is 3.87. The van der Waals surface area contributed by atoms with Crippen LogP contribution in [-0.4, -0.2) is 10.1 Å². The summed E-state index contributed by atoms with van der Waals surface area (Å²) in [6, 6.07) is 4.34. The van der Waals surface area contributed by atoms with Crippen LogP contribution in [0.4, 0.5) is 8.78 Å². The second-order valence-electron chi connectivity index (χ2n) is 3.47. The van der Waals surface area contributed by atoms with Gasteiger partial charge in [0.1, 0.15) is 17.7 Å². The number of aliphatic hydroxyl groups is 1. The largest absolute Gasteiger partial charge is 0.383 e. The summed E-state index contributed by atoms with van der Waals surface area (Å²) >= 11 is 5.82. The third-order valence-corrected chi connectivity index (χ3v) is 2.67. The molecule has 1 aromatic carbocycles. The first-order valence-electron chi connectivity index (χ1n) is 4.82. The lowest BCUT2D eigenvalue weighted by Gasteiger charge is -2.13. The first-order chi connectivity index (χ1) is 8.09. The quantitative estimate of drug-likeness (QED) is 0.895. The van der Waals surface area contributed by atoms with Crippen molar-refractivity contribution >= 4 is 11.6 Å². The van der Waals surface area contributed by atoms with Gasteiger partial charge in [-0.25, -0.2) is 8.78 Å². The molecule has 2 nitrogen and oxygen atoms in total. The minimum Gasteiger partial charge on any atom is -0.383 e. The summed E-state index contributed by atoms with van der Waals surface area (Å²) in [5.74, 6) is -1.31. The maximum Gasteiger partial charge on any atom is 0.129 e. The Morgan fingerprint density at radius 2 is 1.94 bits per heavy atom. The van der Waals surface area contributed by atoms with Crippen molar-refractivity contribution in [3.63, 3.8) is 0 Å². The van der Waals surface area contributed by atoms with E-state index in [1.807, 2.05) is 0 Å². The summed E-state index contributed by atoms with van der Waals surface area (Å²) < 4.78 is 26.5. The zero-order valence-corrected chi connectivity index (χ0v) is 9.33. The smallest absolute Gasteiger partial charge is 0.129 e. The Morgan fingerprint density at radius 3 is 2.65 bits per heavy atom. The van der Waals surface area contributed by atoms with Gasteiger partial charge >= 0.3 is 0 Å². The zero-order valence-electron chi connectivity index (χ0n) is 8.57. The SMILES string of the molecule is OC(c1cc(F)ccc1F)c1ccncc1Cl. The van der Waals surface area contributed by atoms with E-state index in [4.69, 9.17) is 11.6 Å². The molecule has 5 heteroatoms. The molecule has 0 aliphatic heterocycles. The average molecular weight is 256 g/mol. The molecule has 2 rings (SSSR count). The highest BCUT2D eigenvalue weighted by Gasteiger charge is 2.18. The van der Waals surface area contributed by atoms with Gasteiger partial charge in [0.25, 0.3) is 0 Å². The van der Waals surface area contributed by atoms with Crippen molar-refractivity contribution in [2.75, 3.05) is 0 Å². The van der Waals surface area contributed by atoms with Crippen LogP contribution in [0.3, 0.4) is 0 Å². The fourth-order valence-electron chi connectivity index (χ4n) is 1.50. The molecule has 0 saturated carbocycles. The molecule has 0 radical (unpaired) electrons. The molecule has 0 amide bonds. The Hall–Kier alpha value is -1.52. The van der Waals surface area contributed by atoms with E-state index >= 15 is 0 Å². The lowest BCUT2D eigenvalue weighted by atomic mass is 10.0. The molecule has 0 spiro atoms. The monoisotopic (exact) mass is 255 g/mol. The molecular formula is C12H8ClF2NO. The van der Waals surface area contributed by atoms with E-state index in [9.17, 15) is 13.9 Å². The van der Waals surface area contributed by atoms with Gasteiger partial charge in [-0.2, -0.15) is 0 Å². The van der Waals surface area contributed by atoms with Gasteiger partial charge in [0.05, 0.1) is 5.02 Å². The number of pyridine rings is 1. The number of nitrogens with zero attached hydrogens (tertiary/aromatic N) is 1. The van der Waals surface area contributed by atoms with E-state index in [2.05, 4.69) is 4.98 Å². The maximum atomic E-state index is 13.5. The van der Waals surface area contributed by atoms with Crippen molar-refractivity contribution in [1.29, 1.82) is 0 Å². The van der Waals surface area contributed by atoms with Gasteiger partial charge in [-0.05, 0) is 24.3 Å². The average Bonchev–Trinajstić information content (AvgIpc) is 2.32. The van der Waals surface area contributed by atoms with Crippen LogP contribution in [0.25, 0.3) is 0 Å². The van der Waals surface area contributed by atoms with Crippen LogP contribution in [0.2, 0.25) is 5.02 Å². The molecular weight excluding hydrogens is 248 g/mol. The number of halogens is 3. The fraction of sp³-hybridized carbons (Fsp3) is 0.0833. The molecule has 0 aliphatic carbocycles. The van der Waals surface area contributed by atoms with E-state index in [1.54, 1.807) is 0 Å². The van der Waals surface area contributed by atoms with Gasteiger partial charge in [0, 0.05) is 23.5 Å². The summed E-state index contributed by atoms with van der Waals surface area (Å²) in [5, 5.41) is 10.2. The molecule has 1 unspecified atom stereocenters. The Morgan fingerprint density at radius 1 is 1.18 bits per heavy atom. The molecule has 0 aliphatic rings. The molecule has 0 fully saturated rings. The maximum absolute atomic E-state index is 13.5. The van der Waals surface area contributed by atoms with Crippen LogP contribution in [0, 0.1) is 11.6 Å². The summed E-state index contributed by atoms with van der Waals surface area (Å²) in [4.78, 5) is 3.75. The van der Waals surface area contributed by atoms with Crippen molar-refractivity contribution in [1.82, 2.24) is 4.98 Å².